The van der Waals surface area contributed by atoms with Crippen LogP contribution in [0.15, 0.2) is 29.4 Å². The molecule has 0 saturated carbocycles. The summed E-state index contributed by atoms with van der Waals surface area (Å²) in [5.41, 5.74) is 8.73. The Balaban J connectivity index is 1.62. The lowest BCUT2D eigenvalue weighted by Gasteiger charge is -2.36. The smallest absolute Gasteiger partial charge is 0.397 e. The van der Waals surface area contributed by atoms with E-state index < -0.39 is 35.4 Å². The van der Waals surface area contributed by atoms with Gasteiger partial charge in [0.15, 0.2) is 5.69 Å². The number of pyridine rings is 2. The molecule has 2 aromatic heterocycles. The maximum absolute atomic E-state index is 14.2. The van der Waals surface area contributed by atoms with Gasteiger partial charge < -0.3 is 21.5 Å². The van der Waals surface area contributed by atoms with Crippen molar-refractivity contribution in [1.29, 1.82) is 5.26 Å². The van der Waals surface area contributed by atoms with Gasteiger partial charge >= 0.3 is 6.18 Å². The van der Waals surface area contributed by atoms with Crippen molar-refractivity contribution in [3.8, 4) is 6.07 Å². The van der Waals surface area contributed by atoms with Crippen molar-refractivity contribution >= 4 is 23.2 Å². The molecule has 0 fully saturated rings. The number of aryl methyl sites for hydroxylation is 1. The third kappa shape index (κ3) is 5.23. The monoisotopic (exact) mass is 479 g/mol. The number of aromatic nitrogens is 2. The number of nitrogens with two attached hydrogens (primary N) is 2. The average Bonchev–Trinajstić information content (AvgIpc) is 2.77. The van der Waals surface area contributed by atoms with Gasteiger partial charge in [-0.1, -0.05) is 0 Å². The summed E-state index contributed by atoms with van der Waals surface area (Å²) in [5, 5.41) is 11.3. The maximum atomic E-state index is 14.2. The maximum Gasteiger partial charge on any atom is 0.424 e. The predicted octanol–water partition coefficient (Wildman–Crippen LogP) is 2.72. The van der Waals surface area contributed by atoms with Crippen LogP contribution in [-0.2, 0) is 11.2 Å². The highest BCUT2D eigenvalue weighted by Crippen LogP contribution is 2.36. The number of anilines is 2. The molecule has 0 aromatic carbocycles. The highest BCUT2D eigenvalue weighted by Gasteiger charge is 2.57. The largest absolute Gasteiger partial charge is 0.424 e. The summed E-state index contributed by atoms with van der Waals surface area (Å²) < 4.78 is 58.5. The van der Waals surface area contributed by atoms with Crippen LogP contribution in [0.1, 0.15) is 41.5 Å². The molecule has 3 heterocycles. The highest BCUT2D eigenvalue weighted by molar-refractivity contribution is 6.05. The fourth-order valence-corrected chi connectivity index (χ4v) is 3.21. The van der Waals surface area contributed by atoms with Gasteiger partial charge in [-0.2, -0.15) is 18.4 Å². The number of nitriles is 1. The van der Waals surface area contributed by atoms with E-state index in [-0.39, 0.29) is 47.9 Å². The van der Waals surface area contributed by atoms with E-state index in [2.05, 4.69) is 20.3 Å². The van der Waals surface area contributed by atoms with Crippen molar-refractivity contribution in [2.75, 3.05) is 17.7 Å². The Kier molecular flexibility index (Phi) is 7.01. The summed E-state index contributed by atoms with van der Waals surface area (Å²) in [5.74, 6) is -1.90. The van der Waals surface area contributed by atoms with Crippen LogP contribution in [0.5, 0.6) is 0 Å². The molecule has 180 valence electrons. The second kappa shape index (κ2) is 9.60. The quantitative estimate of drug-likeness (QED) is 0.539. The molecule has 1 aliphatic heterocycles. The van der Waals surface area contributed by atoms with Crippen molar-refractivity contribution in [2.24, 2.45) is 10.7 Å². The van der Waals surface area contributed by atoms with Gasteiger partial charge in [-0.05, 0) is 44.4 Å². The van der Waals surface area contributed by atoms with Crippen LogP contribution in [0.4, 0.5) is 29.1 Å². The second-order valence-electron chi connectivity index (χ2n) is 7.76. The number of nitrogen functional groups attached to an aromatic ring is 1. The number of nitrogens with zero attached hydrogens (tertiary/aromatic N) is 4. The molecule has 0 unspecified atom stereocenters. The number of hydrogen-bond acceptors (Lipinski definition) is 8. The van der Waals surface area contributed by atoms with Crippen LogP contribution in [0.3, 0.4) is 0 Å². The first-order valence-corrected chi connectivity index (χ1v) is 10.1. The van der Waals surface area contributed by atoms with Crippen LogP contribution in [0.25, 0.3) is 0 Å². The van der Waals surface area contributed by atoms with Crippen molar-refractivity contribution in [3.63, 3.8) is 0 Å². The number of carbonyl (C=O) groups is 1. The minimum Gasteiger partial charge on any atom is -0.397 e. The summed E-state index contributed by atoms with van der Waals surface area (Å²) in [6.45, 7) is 0.546. The lowest BCUT2D eigenvalue weighted by atomic mass is 10.0. The molecule has 0 bridgehead atoms. The zero-order valence-corrected chi connectivity index (χ0v) is 18.0. The average molecular weight is 479 g/mol. The SMILES string of the molecule is C[C@@]1(C(F)(F)F)OC[C@H](CCCc2nc(NC(=O)c3ncc(C#N)cc3N)ccc2F)N=C1N. The fraction of sp³-hybridized carbons (Fsp3) is 0.381. The molecule has 1 aliphatic rings. The molecule has 0 saturated heterocycles. The Labute approximate surface area is 191 Å². The molecule has 2 aromatic rings. The van der Waals surface area contributed by atoms with Crippen LogP contribution in [0.2, 0.25) is 0 Å². The number of rotatable bonds is 6. The number of aliphatic imine (C=N–C) groups is 1. The molecule has 5 N–H and O–H groups in total. The number of halogens is 4. The number of alkyl halides is 3. The van der Waals surface area contributed by atoms with Gasteiger partial charge in [-0.15, -0.1) is 0 Å². The first kappa shape index (κ1) is 24.8. The molecular formula is C21H21F4N7O2. The Morgan fingerprint density at radius 3 is 2.74 bits per heavy atom. The van der Waals surface area contributed by atoms with Crippen molar-refractivity contribution in [1.82, 2.24) is 9.97 Å². The minimum atomic E-state index is -4.69. The van der Waals surface area contributed by atoms with E-state index in [0.717, 1.165) is 13.0 Å². The minimum absolute atomic E-state index is 0.00460. The molecular weight excluding hydrogens is 458 g/mol. The van der Waals surface area contributed by atoms with Gasteiger partial charge in [-0.3, -0.25) is 9.79 Å². The van der Waals surface area contributed by atoms with E-state index in [4.69, 9.17) is 21.5 Å². The van der Waals surface area contributed by atoms with E-state index in [1.807, 2.05) is 6.07 Å². The lowest BCUT2D eigenvalue weighted by Crippen LogP contribution is -2.58. The zero-order valence-electron chi connectivity index (χ0n) is 18.0. The number of amidine groups is 1. The van der Waals surface area contributed by atoms with E-state index in [9.17, 15) is 22.4 Å². The first-order chi connectivity index (χ1) is 15.9. The Bertz CT molecular complexity index is 1160. The van der Waals surface area contributed by atoms with E-state index in [1.165, 1.54) is 18.3 Å². The van der Waals surface area contributed by atoms with Gasteiger partial charge in [0.1, 0.15) is 23.5 Å². The van der Waals surface area contributed by atoms with Crippen molar-refractivity contribution in [3.05, 3.63) is 47.2 Å². The van der Waals surface area contributed by atoms with Gasteiger partial charge in [-0.25, -0.2) is 14.4 Å². The highest BCUT2D eigenvalue weighted by atomic mass is 19.4. The molecule has 13 heteroatoms. The standard InChI is InChI=1S/C21H21F4N7O2/c1-20(21(23,24)25)19(28)30-12(10-34-20)3-2-4-15-13(22)5-6-16(31-15)32-18(33)17-14(27)7-11(8-26)9-29-17/h5-7,9,12H,2-4,10,27H2,1H3,(H2,28,30)(H,31,32,33)/t12-,20+/m0/s1. The normalized spacial score (nSPS) is 20.4. The molecule has 0 spiro atoms. The van der Waals surface area contributed by atoms with E-state index >= 15 is 0 Å². The van der Waals surface area contributed by atoms with E-state index in [0.29, 0.717) is 6.42 Å². The van der Waals surface area contributed by atoms with E-state index in [1.54, 1.807) is 0 Å². The molecule has 2 atom stereocenters. The third-order valence-corrected chi connectivity index (χ3v) is 5.29. The lowest BCUT2D eigenvalue weighted by molar-refractivity contribution is -0.245. The summed E-state index contributed by atoms with van der Waals surface area (Å²) in [7, 11) is 0. The molecule has 1 amide bonds. The number of amides is 1. The summed E-state index contributed by atoms with van der Waals surface area (Å²) in [6, 6.07) is 4.93. The van der Waals surface area contributed by atoms with Crippen LogP contribution in [-0.4, -0.2) is 46.1 Å². The molecule has 9 nitrogen and oxygen atoms in total. The first-order valence-electron chi connectivity index (χ1n) is 10.1. The van der Waals surface area contributed by atoms with Crippen LogP contribution in [0, 0.1) is 17.1 Å². The van der Waals surface area contributed by atoms with Crippen LogP contribution < -0.4 is 16.8 Å². The predicted molar refractivity (Wildman–Crippen MR) is 114 cm³/mol. The van der Waals surface area contributed by atoms with Crippen molar-refractivity contribution < 1.29 is 27.1 Å². The van der Waals surface area contributed by atoms with Crippen LogP contribution >= 0.6 is 0 Å². The fourth-order valence-electron chi connectivity index (χ4n) is 3.21. The molecule has 0 aliphatic carbocycles. The topological polar surface area (TPSA) is 152 Å². The number of carbonyl (C=O) groups excluding carboxylic acids is 1. The number of nitrogens with one attached hydrogen (secondary N) is 1. The Morgan fingerprint density at radius 2 is 2.12 bits per heavy atom. The summed E-state index contributed by atoms with van der Waals surface area (Å²) >= 11 is 0. The van der Waals surface area contributed by atoms with Gasteiger partial charge in [0.2, 0.25) is 5.60 Å². The van der Waals surface area contributed by atoms with Gasteiger partial charge in [0, 0.05) is 6.20 Å². The number of hydrogen-bond donors (Lipinski definition) is 3. The van der Waals surface area contributed by atoms with Gasteiger partial charge in [0.05, 0.1) is 29.6 Å². The molecule has 34 heavy (non-hydrogen) atoms. The molecule has 0 radical (unpaired) electrons. The zero-order chi connectivity index (χ0) is 25.1. The second-order valence-corrected chi connectivity index (χ2v) is 7.76. The molecule has 3 rings (SSSR count). The Hall–Kier alpha value is -3.79. The Morgan fingerprint density at radius 1 is 1.38 bits per heavy atom. The third-order valence-electron chi connectivity index (χ3n) is 5.29. The van der Waals surface area contributed by atoms with Gasteiger partial charge in [0.25, 0.3) is 5.91 Å². The van der Waals surface area contributed by atoms with Crippen molar-refractivity contribution in [2.45, 2.75) is 44.0 Å². The number of ether oxygens (including phenoxy) is 1. The summed E-state index contributed by atoms with van der Waals surface area (Å²) in [4.78, 5) is 24.3. The summed E-state index contributed by atoms with van der Waals surface area (Å²) in [6.07, 6.45) is -2.75.